The SMILES string of the molecule is CCCOc1c(I)cc(CNc2ccccc2CC)cc1OC. The highest BCUT2D eigenvalue weighted by Crippen LogP contribution is 2.34. The Bertz CT molecular complexity index is 643. The van der Waals surface area contributed by atoms with Crippen LogP contribution in [0, 0.1) is 3.57 Å². The summed E-state index contributed by atoms with van der Waals surface area (Å²) in [6.45, 7) is 5.74. The van der Waals surface area contributed by atoms with Crippen molar-refractivity contribution in [2.24, 2.45) is 0 Å². The van der Waals surface area contributed by atoms with Crippen LogP contribution in [0.25, 0.3) is 0 Å². The molecule has 1 N–H and O–H groups in total. The molecule has 0 bridgehead atoms. The lowest BCUT2D eigenvalue weighted by Gasteiger charge is -2.15. The Labute approximate surface area is 152 Å². The molecule has 2 aromatic rings. The summed E-state index contributed by atoms with van der Waals surface area (Å²) in [6.07, 6.45) is 2.00. The van der Waals surface area contributed by atoms with Crippen molar-refractivity contribution in [3.63, 3.8) is 0 Å². The van der Waals surface area contributed by atoms with E-state index in [1.807, 2.05) is 0 Å². The first-order valence-corrected chi connectivity index (χ1v) is 9.08. The fourth-order valence-electron chi connectivity index (χ4n) is 2.42. The molecule has 23 heavy (non-hydrogen) atoms. The third-order valence-electron chi connectivity index (χ3n) is 3.62. The number of aryl methyl sites for hydroxylation is 1. The molecular formula is C19H24INO2. The fraction of sp³-hybridized carbons (Fsp3) is 0.368. The third kappa shape index (κ3) is 4.77. The van der Waals surface area contributed by atoms with E-state index in [0.717, 1.165) is 34.5 Å². The molecule has 0 amide bonds. The van der Waals surface area contributed by atoms with E-state index in [0.29, 0.717) is 6.61 Å². The van der Waals surface area contributed by atoms with Crippen LogP contribution in [0.15, 0.2) is 36.4 Å². The van der Waals surface area contributed by atoms with E-state index in [4.69, 9.17) is 9.47 Å². The summed E-state index contributed by atoms with van der Waals surface area (Å²) < 4.78 is 12.4. The lowest BCUT2D eigenvalue weighted by molar-refractivity contribution is 0.292. The number of halogens is 1. The van der Waals surface area contributed by atoms with Gasteiger partial charge in [-0.2, -0.15) is 0 Å². The number of rotatable bonds is 8. The number of hydrogen-bond donors (Lipinski definition) is 1. The third-order valence-corrected chi connectivity index (χ3v) is 4.42. The van der Waals surface area contributed by atoms with Crippen molar-refractivity contribution in [2.75, 3.05) is 19.0 Å². The summed E-state index contributed by atoms with van der Waals surface area (Å²) in [4.78, 5) is 0. The molecule has 3 nitrogen and oxygen atoms in total. The number of hydrogen-bond acceptors (Lipinski definition) is 3. The van der Waals surface area contributed by atoms with E-state index in [-0.39, 0.29) is 0 Å². The van der Waals surface area contributed by atoms with E-state index in [1.54, 1.807) is 7.11 Å². The van der Waals surface area contributed by atoms with Gasteiger partial charge in [0, 0.05) is 12.2 Å². The van der Waals surface area contributed by atoms with Crippen LogP contribution in [-0.2, 0) is 13.0 Å². The Morgan fingerprint density at radius 1 is 1.13 bits per heavy atom. The maximum absolute atomic E-state index is 5.81. The molecule has 0 saturated carbocycles. The highest BCUT2D eigenvalue weighted by Gasteiger charge is 2.11. The van der Waals surface area contributed by atoms with Crippen molar-refractivity contribution < 1.29 is 9.47 Å². The van der Waals surface area contributed by atoms with Gasteiger partial charge in [0.1, 0.15) is 0 Å². The Morgan fingerprint density at radius 2 is 1.91 bits per heavy atom. The molecule has 0 aliphatic carbocycles. The molecule has 0 heterocycles. The number of para-hydroxylation sites is 1. The smallest absolute Gasteiger partial charge is 0.174 e. The minimum absolute atomic E-state index is 0.702. The van der Waals surface area contributed by atoms with Gasteiger partial charge >= 0.3 is 0 Å². The maximum Gasteiger partial charge on any atom is 0.174 e. The van der Waals surface area contributed by atoms with Gasteiger partial charge in [0.25, 0.3) is 0 Å². The quantitative estimate of drug-likeness (QED) is 0.585. The highest BCUT2D eigenvalue weighted by atomic mass is 127. The predicted octanol–water partition coefficient (Wildman–Crippen LogP) is 5.26. The van der Waals surface area contributed by atoms with Crippen molar-refractivity contribution in [3.05, 3.63) is 51.1 Å². The first-order valence-electron chi connectivity index (χ1n) is 8.00. The topological polar surface area (TPSA) is 30.5 Å². The van der Waals surface area contributed by atoms with Gasteiger partial charge in [0.05, 0.1) is 17.3 Å². The first kappa shape index (κ1) is 17.9. The van der Waals surface area contributed by atoms with Gasteiger partial charge in [-0.3, -0.25) is 0 Å². The predicted molar refractivity (Wildman–Crippen MR) is 105 cm³/mol. The molecule has 0 saturated heterocycles. The number of methoxy groups -OCH3 is 1. The monoisotopic (exact) mass is 425 g/mol. The summed E-state index contributed by atoms with van der Waals surface area (Å²) in [6, 6.07) is 12.6. The van der Waals surface area contributed by atoms with E-state index >= 15 is 0 Å². The molecule has 0 fully saturated rings. The standard InChI is InChI=1S/C19H24INO2/c1-4-10-23-19-16(20)11-14(12-18(19)22-3)13-21-17-9-7-6-8-15(17)5-2/h6-9,11-12,21H,4-5,10,13H2,1-3H3. The van der Waals surface area contributed by atoms with Crippen molar-refractivity contribution >= 4 is 28.3 Å². The molecule has 2 rings (SSSR count). The largest absolute Gasteiger partial charge is 0.493 e. The van der Waals surface area contributed by atoms with E-state index in [2.05, 4.69) is 78.2 Å². The van der Waals surface area contributed by atoms with Gasteiger partial charge in [0.15, 0.2) is 11.5 Å². The zero-order valence-corrected chi connectivity index (χ0v) is 16.1. The number of anilines is 1. The van der Waals surface area contributed by atoms with Crippen molar-refractivity contribution in [1.29, 1.82) is 0 Å². The van der Waals surface area contributed by atoms with Gasteiger partial charge in [-0.1, -0.05) is 32.0 Å². The van der Waals surface area contributed by atoms with Gasteiger partial charge in [-0.15, -0.1) is 0 Å². The van der Waals surface area contributed by atoms with Crippen LogP contribution in [0.5, 0.6) is 11.5 Å². The molecule has 0 aromatic heterocycles. The van der Waals surface area contributed by atoms with Crippen LogP contribution in [0.1, 0.15) is 31.4 Å². The lowest BCUT2D eigenvalue weighted by Crippen LogP contribution is -2.05. The summed E-state index contributed by atoms with van der Waals surface area (Å²) >= 11 is 2.31. The molecule has 0 spiro atoms. The molecule has 0 radical (unpaired) electrons. The van der Waals surface area contributed by atoms with Crippen LogP contribution in [0.2, 0.25) is 0 Å². The molecule has 0 atom stereocenters. The van der Waals surface area contributed by atoms with E-state index in [1.165, 1.54) is 16.8 Å². The van der Waals surface area contributed by atoms with Gasteiger partial charge < -0.3 is 14.8 Å². The molecule has 0 unspecified atom stereocenters. The number of benzene rings is 2. The Morgan fingerprint density at radius 3 is 2.61 bits per heavy atom. The second-order valence-corrected chi connectivity index (χ2v) is 6.48. The minimum atomic E-state index is 0.702. The highest BCUT2D eigenvalue weighted by molar-refractivity contribution is 14.1. The van der Waals surface area contributed by atoms with Crippen LogP contribution >= 0.6 is 22.6 Å². The van der Waals surface area contributed by atoms with Crippen molar-refractivity contribution in [1.82, 2.24) is 0 Å². The average Bonchev–Trinajstić information content (AvgIpc) is 2.58. The fourth-order valence-corrected chi connectivity index (χ4v) is 3.24. The molecule has 124 valence electrons. The normalized spacial score (nSPS) is 10.4. The summed E-state index contributed by atoms with van der Waals surface area (Å²) in [5, 5.41) is 3.52. The molecule has 0 aliphatic rings. The molecule has 2 aromatic carbocycles. The first-order chi connectivity index (χ1) is 11.2. The van der Waals surface area contributed by atoms with Gasteiger partial charge in [-0.05, 0) is 64.8 Å². The molecule has 0 aliphatic heterocycles. The Kier molecular flexibility index (Phi) is 7.02. The summed E-state index contributed by atoms with van der Waals surface area (Å²) in [5.41, 5.74) is 3.70. The van der Waals surface area contributed by atoms with Crippen LogP contribution in [-0.4, -0.2) is 13.7 Å². The average molecular weight is 425 g/mol. The van der Waals surface area contributed by atoms with Gasteiger partial charge in [-0.25, -0.2) is 0 Å². The van der Waals surface area contributed by atoms with E-state index < -0.39 is 0 Å². The second-order valence-electron chi connectivity index (χ2n) is 5.32. The summed E-state index contributed by atoms with van der Waals surface area (Å²) in [7, 11) is 1.69. The van der Waals surface area contributed by atoms with Crippen LogP contribution in [0.3, 0.4) is 0 Å². The van der Waals surface area contributed by atoms with Crippen molar-refractivity contribution in [2.45, 2.75) is 33.2 Å². The Hall–Kier alpha value is -1.43. The van der Waals surface area contributed by atoms with Gasteiger partial charge in [0.2, 0.25) is 0 Å². The molecular weight excluding hydrogens is 401 g/mol. The minimum Gasteiger partial charge on any atom is -0.493 e. The van der Waals surface area contributed by atoms with Crippen LogP contribution < -0.4 is 14.8 Å². The second kappa shape index (κ2) is 9.01. The zero-order chi connectivity index (χ0) is 16.7. The Balaban J connectivity index is 2.15. The number of ether oxygens (including phenoxy) is 2. The summed E-state index contributed by atoms with van der Waals surface area (Å²) in [5.74, 6) is 1.64. The van der Waals surface area contributed by atoms with Crippen LogP contribution in [0.4, 0.5) is 5.69 Å². The molecule has 4 heteroatoms. The van der Waals surface area contributed by atoms with E-state index in [9.17, 15) is 0 Å². The maximum atomic E-state index is 5.81. The van der Waals surface area contributed by atoms with Crippen molar-refractivity contribution in [3.8, 4) is 11.5 Å². The lowest BCUT2D eigenvalue weighted by atomic mass is 10.1. The number of nitrogens with one attached hydrogen (secondary N) is 1. The zero-order valence-electron chi connectivity index (χ0n) is 14.0.